The number of rotatable bonds is 10. The van der Waals surface area contributed by atoms with Crippen LogP contribution in [0, 0.1) is 26.6 Å². The molecule has 0 radical (unpaired) electrons. The van der Waals surface area contributed by atoms with Gasteiger partial charge in [-0.05, 0) is 74.6 Å². The van der Waals surface area contributed by atoms with Gasteiger partial charge >= 0.3 is 0 Å². The Bertz CT molecular complexity index is 1290. The van der Waals surface area contributed by atoms with Crippen molar-refractivity contribution in [2.75, 3.05) is 19.7 Å². The molecule has 0 aliphatic carbocycles. The third-order valence-electron chi connectivity index (χ3n) is 6.51. The summed E-state index contributed by atoms with van der Waals surface area (Å²) in [6.07, 6.45) is 2.83. The second kappa shape index (κ2) is 11.6. The first-order chi connectivity index (χ1) is 17.6. The summed E-state index contributed by atoms with van der Waals surface area (Å²) >= 11 is 0. The Morgan fingerprint density at radius 1 is 1.05 bits per heavy atom. The second-order valence-electron chi connectivity index (χ2n) is 9.62. The van der Waals surface area contributed by atoms with Crippen LogP contribution in [-0.2, 0) is 32.6 Å². The summed E-state index contributed by atoms with van der Waals surface area (Å²) < 4.78 is 53.9. The van der Waals surface area contributed by atoms with Gasteiger partial charge in [-0.1, -0.05) is 29.8 Å². The number of hydrogen-bond acceptors (Lipinski definition) is 5. The van der Waals surface area contributed by atoms with Crippen LogP contribution in [0.5, 0.6) is 0 Å². The lowest BCUT2D eigenvalue weighted by molar-refractivity contribution is -0.133. The maximum atomic E-state index is 14.0. The normalized spacial score (nSPS) is 15.9. The number of ether oxygens (including phenoxy) is 1. The van der Waals surface area contributed by atoms with Crippen LogP contribution in [0.3, 0.4) is 0 Å². The highest BCUT2D eigenvalue weighted by molar-refractivity contribution is 7.89. The first-order valence-corrected chi connectivity index (χ1v) is 13.8. The number of hydrogen-bond donors (Lipinski definition) is 0. The van der Waals surface area contributed by atoms with Gasteiger partial charge in [-0.15, -0.1) is 0 Å². The van der Waals surface area contributed by atoms with Crippen molar-refractivity contribution in [2.45, 2.75) is 57.7 Å². The van der Waals surface area contributed by atoms with E-state index in [0.29, 0.717) is 23.5 Å². The zero-order valence-corrected chi connectivity index (χ0v) is 22.3. The highest BCUT2D eigenvalue weighted by atomic mass is 32.2. The van der Waals surface area contributed by atoms with E-state index in [1.807, 2.05) is 19.1 Å². The van der Waals surface area contributed by atoms with Crippen molar-refractivity contribution in [1.82, 2.24) is 9.21 Å². The molecule has 1 aliphatic heterocycles. The Morgan fingerprint density at radius 2 is 1.76 bits per heavy atom. The molecular formula is C28H33FN2O5S. The smallest absolute Gasteiger partial charge is 0.244 e. The number of aryl methyl sites for hydroxylation is 3. The lowest BCUT2D eigenvalue weighted by Crippen LogP contribution is -2.45. The molecule has 2 heterocycles. The number of sulfonamides is 1. The number of halogens is 1. The van der Waals surface area contributed by atoms with Crippen molar-refractivity contribution in [3.8, 4) is 0 Å². The van der Waals surface area contributed by atoms with Gasteiger partial charge in [0.05, 0.1) is 30.4 Å². The van der Waals surface area contributed by atoms with Crippen LogP contribution < -0.4 is 0 Å². The van der Waals surface area contributed by atoms with Crippen molar-refractivity contribution >= 4 is 15.9 Å². The van der Waals surface area contributed by atoms with Crippen molar-refractivity contribution in [2.24, 2.45) is 0 Å². The summed E-state index contributed by atoms with van der Waals surface area (Å²) in [5.74, 6) is -0.190. The molecule has 4 rings (SSSR count). The number of furan rings is 1. The molecule has 2 aromatic carbocycles. The third-order valence-corrected chi connectivity index (χ3v) is 8.63. The van der Waals surface area contributed by atoms with Crippen LogP contribution >= 0.6 is 0 Å². The largest absolute Gasteiger partial charge is 0.467 e. The van der Waals surface area contributed by atoms with Gasteiger partial charge in [-0.25, -0.2) is 12.8 Å². The van der Waals surface area contributed by atoms with Crippen LogP contribution in [0.15, 0.2) is 64.1 Å². The number of amides is 1. The first-order valence-electron chi connectivity index (χ1n) is 12.4. The van der Waals surface area contributed by atoms with E-state index in [4.69, 9.17) is 9.15 Å². The Labute approximate surface area is 217 Å². The van der Waals surface area contributed by atoms with E-state index in [9.17, 15) is 17.6 Å². The van der Waals surface area contributed by atoms with Gasteiger partial charge in [0.1, 0.15) is 11.6 Å². The minimum atomic E-state index is -4.00. The fraction of sp³-hybridized carbons (Fsp3) is 0.393. The Morgan fingerprint density at radius 3 is 2.35 bits per heavy atom. The molecule has 7 nitrogen and oxygen atoms in total. The van der Waals surface area contributed by atoms with Gasteiger partial charge in [-0.3, -0.25) is 4.79 Å². The van der Waals surface area contributed by atoms with Gasteiger partial charge in [0.25, 0.3) is 0 Å². The summed E-state index contributed by atoms with van der Waals surface area (Å²) in [5.41, 5.74) is 2.97. The average Bonchev–Trinajstić information content (AvgIpc) is 3.53. The second-order valence-corrected chi connectivity index (χ2v) is 11.5. The molecule has 37 heavy (non-hydrogen) atoms. The number of carbonyl (C=O) groups excluding carboxylic acids is 1. The van der Waals surface area contributed by atoms with E-state index in [1.165, 1.54) is 27.6 Å². The van der Waals surface area contributed by atoms with Gasteiger partial charge in [0, 0.05) is 19.7 Å². The fourth-order valence-corrected chi connectivity index (χ4v) is 6.68. The number of nitrogens with zero attached hydrogens (tertiary/aromatic N) is 2. The average molecular weight is 529 g/mol. The molecule has 0 bridgehead atoms. The number of carbonyl (C=O) groups is 1. The lowest BCUT2D eigenvalue weighted by Gasteiger charge is -2.29. The monoisotopic (exact) mass is 528 g/mol. The van der Waals surface area contributed by atoms with E-state index in [-0.39, 0.29) is 48.9 Å². The van der Waals surface area contributed by atoms with Crippen molar-refractivity contribution in [3.05, 3.63) is 88.6 Å². The van der Waals surface area contributed by atoms with Crippen LogP contribution in [-0.4, -0.2) is 49.3 Å². The molecule has 0 N–H and O–H groups in total. The molecule has 1 atom stereocenters. The zero-order chi connectivity index (χ0) is 26.6. The highest BCUT2D eigenvalue weighted by Crippen LogP contribution is 2.27. The molecule has 0 spiro atoms. The molecule has 1 saturated heterocycles. The van der Waals surface area contributed by atoms with Crippen LogP contribution in [0.25, 0.3) is 0 Å². The molecule has 3 aromatic rings. The molecule has 0 saturated carbocycles. The molecule has 198 valence electrons. The Hall–Kier alpha value is -3.01. The first kappa shape index (κ1) is 27.0. The van der Waals surface area contributed by atoms with Crippen molar-refractivity contribution in [3.63, 3.8) is 0 Å². The quantitative estimate of drug-likeness (QED) is 0.380. The molecule has 1 fully saturated rings. The zero-order valence-electron chi connectivity index (χ0n) is 21.4. The van der Waals surface area contributed by atoms with E-state index in [2.05, 4.69) is 0 Å². The maximum Gasteiger partial charge on any atom is 0.244 e. The predicted octanol–water partition coefficient (Wildman–Crippen LogP) is 4.74. The molecule has 9 heteroatoms. The van der Waals surface area contributed by atoms with E-state index < -0.39 is 10.0 Å². The molecule has 0 unspecified atom stereocenters. The SMILES string of the molecule is Cc1cc(C)c(S(=O)(=O)N(CC(=O)N(Cc2ccc(F)cc2)Cc2ccco2)C[C@H]2CCCO2)c(C)c1. The molecule has 1 amide bonds. The summed E-state index contributed by atoms with van der Waals surface area (Å²) in [6.45, 7) is 6.11. The van der Waals surface area contributed by atoms with Gasteiger partial charge < -0.3 is 14.1 Å². The summed E-state index contributed by atoms with van der Waals surface area (Å²) in [7, 11) is -4.00. The Balaban J connectivity index is 1.65. The summed E-state index contributed by atoms with van der Waals surface area (Å²) in [5, 5.41) is 0. The standard InChI is InChI=1S/C28H33FN2O5S/c1-20-14-21(2)28(22(3)15-20)37(33,34)31(18-26-7-5-13-36-26)19-27(32)30(17-25-6-4-12-35-25)16-23-8-10-24(29)11-9-23/h4,6,8-12,14-15,26H,5,7,13,16-19H2,1-3H3/t26-/m1/s1. The van der Waals surface area contributed by atoms with Crippen LogP contribution in [0.2, 0.25) is 0 Å². The topological polar surface area (TPSA) is 80.1 Å². The predicted molar refractivity (Wildman–Crippen MR) is 138 cm³/mol. The van der Waals surface area contributed by atoms with Gasteiger partial charge in [-0.2, -0.15) is 4.31 Å². The third kappa shape index (κ3) is 6.66. The summed E-state index contributed by atoms with van der Waals surface area (Å²) in [4.78, 5) is 15.4. The maximum absolute atomic E-state index is 14.0. The summed E-state index contributed by atoms with van der Waals surface area (Å²) in [6, 6.07) is 13.0. The minimum absolute atomic E-state index is 0.0893. The van der Waals surface area contributed by atoms with Gasteiger partial charge in [0.15, 0.2) is 0 Å². The lowest BCUT2D eigenvalue weighted by atomic mass is 10.1. The Kier molecular flexibility index (Phi) is 8.46. The number of benzene rings is 2. The molecule has 1 aliphatic rings. The molecular weight excluding hydrogens is 495 g/mol. The van der Waals surface area contributed by atoms with Crippen LogP contribution in [0.4, 0.5) is 4.39 Å². The van der Waals surface area contributed by atoms with Gasteiger partial charge in [0.2, 0.25) is 15.9 Å². The fourth-order valence-electron chi connectivity index (χ4n) is 4.85. The van der Waals surface area contributed by atoms with E-state index in [0.717, 1.165) is 24.0 Å². The minimum Gasteiger partial charge on any atom is -0.467 e. The van der Waals surface area contributed by atoms with Crippen molar-refractivity contribution < 1.29 is 26.8 Å². The van der Waals surface area contributed by atoms with E-state index in [1.54, 1.807) is 38.1 Å². The van der Waals surface area contributed by atoms with Crippen molar-refractivity contribution in [1.29, 1.82) is 0 Å². The molecule has 1 aromatic heterocycles. The van der Waals surface area contributed by atoms with E-state index >= 15 is 0 Å². The van der Waals surface area contributed by atoms with Crippen LogP contribution in [0.1, 0.15) is 40.9 Å². The highest BCUT2D eigenvalue weighted by Gasteiger charge is 2.34.